The highest BCUT2D eigenvalue weighted by atomic mass is 16.2. The van der Waals surface area contributed by atoms with Crippen molar-refractivity contribution in [2.45, 2.75) is 47.3 Å². The van der Waals surface area contributed by atoms with Gasteiger partial charge in [0.25, 0.3) is 5.91 Å². The summed E-state index contributed by atoms with van der Waals surface area (Å²) in [6, 6.07) is 7.60. The van der Waals surface area contributed by atoms with E-state index in [9.17, 15) is 4.79 Å². The number of carbonyl (C=O) groups is 1. The molecular weight excluding hydrogens is 404 g/mol. The van der Waals surface area contributed by atoms with Crippen molar-refractivity contribution in [3.63, 3.8) is 0 Å². The van der Waals surface area contributed by atoms with Crippen LogP contribution in [0.1, 0.15) is 48.2 Å². The van der Waals surface area contributed by atoms with Crippen LogP contribution in [0, 0.1) is 6.92 Å². The first-order valence-electron chi connectivity index (χ1n) is 11.1. The van der Waals surface area contributed by atoms with Crippen LogP contribution in [0.25, 0.3) is 11.5 Å². The Balaban J connectivity index is 1.73. The highest BCUT2D eigenvalue weighted by Crippen LogP contribution is 2.32. The van der Waals surface area contributed by atoms with E-state index in [2.05, 4.69) is 34.3 Å². The number of hydrogen-bond acceptors (Lipinski definition) is 7. The Morgan fingerprint density at radius 3 is 2.59 bits per heavy atom. The van der Waals surface area contributed by atoms with Gasteiger partial charge in [0.05, 0.1) is 17.8 Å². The molecule has 32 heavy (non-hydrogen) atoms. The molecule has 1 aliphatic rings. The molecule has 3 aromatic heterocycles. The second-order valence-electron chi connectivity index (χ2n) is 7.74. The van der Waals surface area contributed by atoms with Gasteiger partial charge < -0.3 is 14.8 Å². The van der Waals surface area contributed by atoms with Crippen molar-refractivity contribution < 1.29 is 4.79 Å². The molecule has 0 fully saturated rings. The van der Waals surface area contributed by atoms with Gasteiger partial charge in [-0.15, -0.1) is 10.2 Å². The number of anilines is 2. The molecule has 0 saturated heterocycles. The summed E-state index contributed by atoms with van der Waals surface area (Å²) in [6.45, 7) is 11.6. The molecule has 3 aromatic rings. The predicted molar refractivity (Wildman–Crippen MR) is 125 cm³/mol. The van der Waals surface area contributed by atoms with E-state index in [0.29, 0.717) is 36.0 Å². The van der Waals surface area contributed by atoms with Crippen LogP contribution in [0.2, 0.25) is 0 Å². The van der Waals surface area contributed by atoms with Gasteiger partial charge in [0.1, 0.15) is 23.2 Å². The zero-order valence-corrected chi connectivity index (χ0v) is 19.4. The largest absolute Gasteiger partial charge is 0.357 e. The fourth-order valence-electron chi connectivity index (χ4n) is 4.21. The highest BCUT2D eigenvalue weighted by molar-refractivity contribution is 6.10. The number of hydrogen-bond donors (Lipinski definition) is 1. The lowest BCUT2D eigenvalue weighted by Gasteiger charge is -2.21. The molecule has 1 aliphatic heterocycles. The lowest BCUT2D eigenvalue weighted by Crippen LogP contribution is -2.25. The number of carbonyl (C=O) groups excluding carboxylic acids is 1. The first-order chi connectivity index (χ1) is 15.5. The van der Waals surface area contributed by atoms with E-state index in [1.165, 1.54) is 0 Å². The molecular formula is C23H30N8O. The summed E-state index contributed by atoms with van der Waals surface area (Å²) in [4.78, 5) is 27.0. The Hall–Kier alpha value is -3.33. The number of amides is 1. The van der Waals surface area contributed by atoms with Gasteiger partial charge in [-0.2, -0.15) is 0 Å². The number of aryl methyl sites for hydroxylation is 1. The van der Waals surface area contributed by atoms with Crippen molar-refractivity contribution in [3.05, 3.63) is 46.9 Å². The Kier molecular flexibility index (Phi) is 6.18. The topological polar surface area (TPSA) is 92.1 Å². The van der Waals surface area contributed by atoms with E-state index in [1.54, 1.807) is 4.90 Å². The van der Waals surface area contributed by atoms with Gasteiger partial charge in [0.2, 0.25) is 0 Å². The van der Waals surface area contributed by atoms with E-state index in [4.69, 9.17) is 9.97 Å². The minimum absolute atomic E-state index is 0.0500. The number of pyridine rings is 2. The molecule has 0 aliphatic carbocycles. The normalized spacial score (nSPS) is 13.0. The highest BCUT2D eigenvalue weighted by Gasteiger charge is 2.33. The molecule has 4 heterocycles. The Morgan fingerprint density at radius 2 is 1.91 bits per heavy atom. The molecule has 0 aromatic carbocycles. The summed E-state index contributed by atoms with van der Waals surface area (Å²) in [5, 5.41) is 11.7. The van der Waals surface area contributed by atoms with Crippen molar-refractivity contribution in [1.29, 1.82) is 0 Å². The molecule has 0 unspecified atom stereocenters. The summed E-state index contributed by atoms with van der Waals surface area (Å²) < 4.78 is 2.01. The van der Waals surface area contributed by atoms with Crippen LogP contribution in [-0.2, 0) is 19.6 Å². The van der Waals surface area contributed by atoms with Crippen LogP contribution in [0.4, 0.5) is 11.6 Å². The minimum atomic E-state index is -0.0500. The summed E-state index contributed by atoms with van der Waals surface area (Å²) in [6.07, 6.45) is 0. The number of rotatable bonds is 8. The molecule has 0 spiro atoms. The molecule has 0 saturated carbocycles. The number of nitrogens with zero attached hydrogens (tertiary/aromatic N) is 7. The molecule has 1 N–H and O–H groups in total. The Bertz CT molecular complexity index is 1140. The van der Waals surface area contributed by atoms with Crippen molar-refractivity contribution in [2.24, 2.45) is 0 Å². The summed E-state index contributed by atoms with van der Waals surface area (Å²) >= 11 is 0. The summed E-state index contributed by atoms with van der Waals surface area (Å²) in [7, 11) is 1.89. The third-order valence-electron chi connectivity index (χ3n) is 5.91. The summed E-state index contributed by atoms with van der Waals surface area (Å²) in [5.74, 6) is 2.93. The fourth-order valence-corrected chi connectivity index (χ4v) is 4.21. The van der Waals surface area contributed by atoms with Gasteiger partial charge >= 0.3 is 0 Å². The second kappa shape index (κ2) is 9.04. The zero-order valence-electron chi connectivity index (χ0n) is 19.4. The molecule has 1 amide bonds. The smallest absolute Gasteiger partial charge is 0.260 e. The standard InChI is InChI=1S/C23H30N8O/c1-6-29(7-2)21-12-16-17(19(26-21)13-24-5)14-31(23(16)32)20-11-9-10-18(25-20)22-28-27-15(4)30(22)8-3/h9-12,24H,6-8,13-14H2,1-5H3. The van der Waals surface area contributed by atoms with Gasteiger partial charge in [0.15, 0.2) is 5.82 Å². The van der Waals surface area contributed by atoms with E-state index in [-0.39, 0.29) is 5.91 Å². The van der Waals surface area contributed by atoms with Crippen LogP contribution in [0.3, 0.4) is 0 Å². The monoisotopic (exact) mass is 434 g/mol. The number of aromatic nitrogens is 5. The third-order valence-corrected chi connectivity index (χ3v) is 5.91. The van der Waals surface area contributed by atoms with E-state index >= 15 is 0 Å². The van der Waals surface area contributed by atoms with E-state index < -0.39 is 0 Å². The molecule has 4 rings (SSSR count). The van der Waals surface area contributed by atoms with Crippen LogP contribution >= 0.6 is 0 Å². The maximum atomic E-state index is 13.5. The van der Waals surface area contributed by atoms with Gasteiger partial charge in [-0.25, -0.2) is 9.97 Å². The number of nitrogens with one attached hydrogen (secondary N) is 1. The first kappa shape index (κ1) is 21.9. The van der Waals surface area contributed by atoms with E-state index in [1.807, 2.05) is 49.7 Å². The molecule has 168 valence electrons. The average Bonchev–Trinajstić information content (AvgIpc) is 3.35. The van der Waals surface area contributed by atoms with Crippen LogP contribution in [0.5, 0.6) is 0 Å². The van der Waals surface area contributed by atoms with Crippen LogP contribution in [-0.4, -0.2) is 50.8 Å². The first-order valence-corrected chi connectivity index (χ1v) is 11.1. The lowest BCUT2D eigenvalue weighted by molar-refractivity contribution is 0.0996. The average molecular weight is 435 g/mol. The molecule has 0 radical (unpaired) electrons. The predicted octanol–water partition coefficient (Wildman–Crippen LogP) is 2.79. The van der Waals surface area contributed by atoms with Crippen molar-refractivity contribution >= 4 is 17.5 Å². The Labute approximate surface area is 188 Å². The van der Waals surface area contributed by atoms with Crippen molar-refractivity contribution in [3.8, 4) is 11.5 Å². The molecule has 0 atom stereocenters. The minimum Gasteiger partial charge on any atom is -0.357 e. The second-order valence-corrected chi connectivity index (χ2v) is 7.74. The van der Waals surface area contributed by atoms with Gasteiger partial charge in [-0.1, -0.05) is 6.07 Å². The van der Waals surface area contributed by atoms with Gasteiger partial charge in [0, 0.05) is 31.7 Å². The van der Waals surface area contributed by atoms with Gasteiger partial charge in [-0.05, 0) is 52.9 Å². The Morgan fingerprint density at radius 1 is 1.12 bits per heavy atom. The van der Waals surface area contributed by atoms with Crippen LogP contribution < -0.4 is 15.1 Å². The molecule has 9 nitrogen and oxygen atoms in total. The van der Waals surface area contributed by atoms with Crippen molar-refractivity contribution in [1.82, 2.24) is 30.0 Å². The lowest BCUT2D eigenvalue weighted by atomic mass is 10.1. The van der Waals surface area contributed by atoms with Gasteiger partial charge in [-0.3, -0.25) is 9.69 Å². The number of fused-ring (bicyclic) bond motifs is 1. The zero-order chi connectivity index (χ0) is 22.8. The maximum absolute atomic E-state index is 13.5. The SMILES string of the molecule is CCN(CC)c1cc2c(c(CNC)n1)CN(c1cccc(-c3nnc(C)n3CC)n1)C2=O. The third kappa shape index (κ3) is 3.73. The molecule has 9 heteroatoms. The quantitative estimate of drug-likeness (QED) is 0.583. The van der Waals surface area contributed by atoms with Crippen molar-refractivity contribution in [2.75, 3.05) is 29.9 Å². The summed E-state index contributed by atoms with van der Waals surface area (Å²) in [5.41, 5.74) is 3.26. The fraction of sp³-hybridized carbons (Fsp3) is 0.435. The van der Waals surface area contributed by atoms with E-state index in [0.717, 1.165) is 42.5 Å². The maximum Gasteiger partial charge on any atom is 0.260 e. The van der Waals surface area contributed by atoms with Crippen LogP contribution in [0.15, 0.2) is 24.3 Å². The molecule has 0 bridgehead atoms.